The van der Waals surface area contributed by atoms with Gasteiger partial charge in [0.2, 0.25) is 0 Å². The Labute approximate surface area is 170 Å². The van der Waals surface area contributed by atoms with Crippen LogP contribution < -0.4 is 20.1 Å². The molecule has 1 saturated carbocycles. The fraction of sp³-hybridized carbons (Fsp3) is 0.476. The van der Waals surface area contributed by atoms with Crippen molar-refractivity contribution in [3.05, 3.63) is 29.8 Å². The van der Waals surface area contributed by atoms with E-state index in [1.165, 1.54) is 13.5 Å². The fourth-order valence-electron chi connectivity index (χ4n) is 3.06. The van der Waals surface area contributed by atoms with E-state index in [2.05, 4.69) is 10.6 Å². The minimum absolute atomic E-state index is 0.0849. The number of allylic oxidation sites excluding steroid dienone is 1. The average molecular weight is 404 g/mol. The van der Waals surface area contributed by atoms with Crippen LogP contribution in [0.2, 0.25) is 0 Å². The third-order valence-corrected chi connectivity index (χ3v) is 4.45. The SMILES string of the molecule is C/C=C/c1ccc(OCC(=O)OCC(=O)NC(=O)NC2CCCCC2)c(OC)c1. The Balaban J connectivity index is 1.71. The van der Waals surface area contributed by atoms with Crippen LogP contribution in [-0.4, -0.2) is 44.3 Å². The number of benzene rings is 1. The van der Waals surface area contributed by atoms with Crippen molar-refractivity contribution < 1.29 is 28.6 Å². The van der Waals surface area contributed by atoms with Gasteiger partial charge in [-0.1, -0.05) is 37.5 Å². The van der Waals surface area contributed by atoms with Crippen LogP contribution in [0.4, 0.5) is 4.79 Å². The quantitative estimate of drug-likeness (QED) is 0.646. The molecule has 8 nitrogen and oxygen atoms in total. The number of carbonyl (C=O) groups is 3. The first-order valence-corrected chi connectivity index (χ1v) is 9.71. The number of nitrogens with one attached hydrogen (secondary N) is 2. The zero-order valence-electron chi connectivity index (χ0n) is 16.9. The van der Waals surface area contributed by atoms with Crippen molar-refractivity contribution >= 4 is 24.0 Å². The molecule has 158 valence electrons. The van der Waals surface area contributed by atoms with Gasteiger partial charge in [-0.05, 0) is 37.5 Å². The lowest BCUT2D eigenvalue weighted by Gasteiger charge is -2.22. The van der Waals surface area contributed by atoms with Crippen LogP contribution >= 0.6 is 0 Å². The highest BCUT2D eigenvalue weighted by molar-refractivity contribution is 5.95. The highest BCUT2D eigenvalue weighted by atomic mass is 16.6. The lowest BCUT2D eigenvalue weighted by molar-refractivity contribution is -0.150. The Morgan fingerprint density at radius 2 is 1.86 bits per heavy atom. The minimum atomic E-state index is -0.729. The summed E-state index contributed by atoms with van der Waals surface area (Å²) >= 11 is 0. The summed E-state index contributed by atoms with van der Waals surface area (Å²) in [5.74, 6) is -0.563. The summed E-state index contributed by atoms with van der Waals surface area (Å²) in [5, 5.41) is 4.91. The van der Waals surface area contributed by atoms with Crippen LogP contribution in [0.15, 0.2) is 24.3 Å². The standard InChI is InChI=1S/C21H28N2O6/c1-3-7-15-10-11-17(18(12-15)27-2)28-14-20(25)29-13-19(24)23-21(26)22-16-8-5-4-6-9-16/h3,7,10-12,16H,4-6,8-9,13-14H2,1-2H3,(H2,22,23,24,26)/b7-3+. The third kappa shape index (κ3) is 7.85. The molecule has 0 bridgehead atoms. The summed E-state index contributed by atoms with van der Waals surface area (Å²) in [6.45, 7) is 0.960. The first kappa shape index (κ1) is 22.3. The zero-order chi connectivity index (χ0) is 21.1. The second-order valence-corrected chi connectivity index (χ2v) is 6.72. The van der Waals surface area contributed by atoms with Gasteiger partial charge in [0.05, 0.1) is 7.11 Å². The van der Waals surface area contributed by atoms with Crippen molar-refractivity contribution in [2.75, 3.05) is 20.3 Å². The molecule has 0 saturated heterocycles. The van der Waals surface area contributed by atoms with E-state index in [-0.39, 0.29) is 12.6 Å². The first-order valence-electron chi connectivity index (χ1n) is 9.71. The Morgan fingerprint density at radius 1 is 1.10 bits per heavy atom. The van der Waals surface area contributed by atoms with E-state index in [9.17, 15) is 14.4 Å². The molecule has 0 atom stereocenters. The summed E-state index contributed by atoms with van der Waals surface area (Å²) in [5.41, 5.74) is 0.933. The summed E-state index contributed by atoms with van der Waals surface area (Å²) in [7, 11) is 1.50. The maximum atomic E-state index is 11.8. The average Bonchev–Trinajstić information content (AvgIpc) is 2.72. The van der Waals surface area contributed by atoms with Gasteiger partial charge in [0.15, 0.2) is 24.7 Å². The van der Waals surface area contributed by atoms with Gasteiger partial charge in [-0.15, -0.1) is 0 Å². The monoisotopic (exact) mass is 404 g/mol. The smallest absolute Gasteiger partial charge is 0.344 e. The number of carbonyl (C=O) groups excluding carboxylic acids is 3. The zero-order valence-corrected chi connectivity index (χ0v) is 16.9. The van der Waals surface area contributed by atoms with Gasteiger partial charge in [0.1, 0.15) is 0 Å². The number of ether oxygens (including phenoxy) is 3. The van der Waals surface area contributed by atoms with Crippen molar-refractivity contribution in [3.8, 4) is 11.5 Å². The Hall–Kier alpha value is -3.03. The second kappa shape index (κ2) is 11.7. The van der Waals surface area contributed by atoms with Crippen molar-refractivity contribution in [3.63, 3.8) is 0 Å². The molecule has 0 radical (unpaired) electrons. The minimum Gasteiger partial charge on any atom is -0.493 e. The van der Waals surface area contributed by atoms with Crippen molar-refractivity contribution in [1.29, 1.82) is 0 Å². The number of amides is 3. The van der Waals surface area contributed by atoms with Crippen LogP contribution in [0.25, 0.3) is 6.08 Å². The predicted octanol–water partition coefficient (Wildman–Crippen LogP) is 2.81. The molecule has 0 aliphatic heterocycles. The van der Waals surface area contributed by atoms with Crippen molar-refractivity contribution in [2.45, 2.75) is 45.1 Å². The number of urea groups is 1. The van der Waals surface area contributed by atoms with Crippen LogP contribution in [0.5, 0.6) is 11.5 Å². The van der Waals surface area contributed by atoms with E-state index in [4.69, 9.17) is 14.2 Å². The summed E-state index contributed by atoms with van der Waals surface area (Å²) in [6, 6.07) is 4.80. The van der Waals surface area contributed by atoms with Gasteiger partial charge in [-0.2, -0.15) is 0 Å². The highest BCUT2D eigenvalue weighted by Crippen LogP contribution is 2.28. The molecule has 0 heterocycles. The summed E-state index contributed by atoms with van der Waals surface area (Å²) in [4.78, 5) is 35.4. The van der Waals surface area contributed by atoms with Gasteiger partial charge < -0.3 is 19.5 Å². The molecule has 1 aromatic rings. The van der Waals surface area contributed by atoms with E-state index in [0.29, 0.717) is 11.5 Å². The first-order chi connectivity index (χ1) is 14.0. The predicted molar refractivity (Wildman–Crippen MR) is 108 cm³/mol. The van der Waals surface area contributed by atoms with Gasteiger partial charge in [0, 0.05) is 6.04 Å². The van der Waals surface area contributed by atoms with E-state index in [0.717, 1.165) is 31.2 Å². The van der Waals surface area contributed by atoms with Crippen molar-refractivity contribution in [1.82, 2.24) is 10.6 Å². The molecule has 29 heavy (non-hydrogen) atoms. The van der Waals surface area contributed by atoms with Crippen LogP contribution in [0, 0.1) is 0 Å². The summed E-state index contributed by atoms with van der Waals surface area (Å²) < 4.78 is 15.5. The van der Waals surface area contributed by atoms with Crippen LogP contribution in [0.1, 0.15) is 44.6 Å². The lowest BCUT2D eigenvalue weighted by Crippen LogP contribution is -2.46. The molecule has 0 aromatic heterocycles. The molecule has 0 unspecified atom stereocenters. The molecule has 1 aromatic carbocycles. The van der Waals surface area contributed by atoms with E-state index < -0.39 is 24.5 Å². The Kier molecular flexibility index (Phi) is 9.01. The van der Waals surface area contributed by atoms with Crippen LogP contribution in [-0.2, 0) is 14.3 Å². The fourth-order valence-corrected chi connectivity index (χ4v) is 3.06. The molecule has 1 aliphatic rings. The number of imide groups is 1. The molecule has 8 heteroatoms. The topological polar surface area (TPSA) is 103 Å². The van der Waals surface area contributed by atoms with Crippen LogP contribution in [0.3, 0.4) is 0 Å². The number of rotatable bonds is 8. The molecule has 1 aliphatic carbocycles. The van der Waals surface area contributed by atoms with E-state index >= 15 is 0 Å². The molecule has 0 spiro atoms. The molecule has 3 amide bonds. The van der Waals surface area contributed by atoms with Gasteiger partial charge in [-0.25, -0.2) is 9.59 Å². The lowest BCUT2D eigenvalue weighted by atomic mass is 9.96. The van der Waals surface area contributed by atoms with E-state index in [1.54, 1.807) is 12.1 Å². The molecule has 1 fully saturated rings. The van der Waals surface area contributed by atoms with Crippen molar-refractivity contribution in [2.24, 2.45) is 0 Å². The molecule has 2 rings (SSSR count). The van der Waals surface area contributed by atoms with E-state index in [1.807, 2.05) is 25.1 Å². The third-order valence-electron chi connectivity index (χ3n) is 4.45. The Morgan fingerprint density at radius 3 is 2.55 bits per heavy atom. The highest BCUT2D eigenvalue weighted by Gasteiger charge is 2.17. The number of methoxy groups -OCH3 is 1. The largest absolute Gasteiger partial charge is 0.493 e. The normalized spacial score (nSPS) is 14.3. The number of hydrogen-bond donors (Lipinski definition) is 2. The molecular weight excluding hydrogens is 376 g/mol. The van der Waals surface area contributed by atoms with Gasteiger partial charge in [-0.3, -0.25) is 10.1 Å². The number of hydrogen-bond acceptors (Lipinski definition) is 6. The molecule has 2 N–H and O–H groups in total. The van der Waals surface area contributed by atoms with Gasteiger partial charge >= 0.3 is 12.0 Å². The Bertz CT molecular complexity index is 741. The maximum Gasteiger partial charge on any atom is 0.344 e. The molecular formula is C21H28N2O6. The van der Waals surface area contributed by atoms with Gasteiger partial charge in [0.25, 0.3) is 5.91 Å². The maximum absolute atomic E-state index is 11.8. The summed E-state index contributed by atoms with van der Waals surface area (Å²) in [6.07, 6.45) is 8.93. The number of esters is 1. The second-order valence-electron chi connectivity index (χ2n) is 6.72.